The van der Waals surface area contributed by atoms with Crippen LogP contribution in [0.5, 0.6) is 5.75 Å². The van der Waals surface area contributed by atoms with Crippen molar-refractivity contribution in [2.75, 3.05) is 13.2 Å². The van der Waals surface area contributed by atoms with Gasteiger partial charge >= 0.3 is 6.18 Å². The van der Waals surface area contributed by atoms with Crippen LogP contribution in [0.4, 0.5) is 17.6 Å². The number of thiazole rings is 1. The summed E-state index contributed by atoms with van der Waals surface area (Å²) in [6.07, 6.45) is -2.57. The van der Waals surface area contributed by atoms with Crippen molar-refractivity contribution < 1.29 is 31.8 Å². The highest BCUT2D eigenvalue weighted by molar-refractivity contribution is 7.13. The normalized spacial score (nSPS) is 16.1. The van der Waals surface area contributed by atoms with Crippen LogP contribution in [0.2, 0.25) is 0 Å². The number of hydrogen-bond acceptors (Lipinski definition) is 5. The summed E-state index contributed by atoms with van der Waals surface area (Å²) in [4.78, 5) is 16.5. The number of nitrogens with zero attached hydrogens (tertiary/aromatic N) is 1. The molecule has 2 heterocycles. The number of hydrogen-bond donors (Lipinski definition) is 1. The monoisotopic (exact) mass is 480 g/mol. The Labute approximate surface area is 191 Å². The third-order valence-corrected chi connectivity index (χ3v) is 5.96. The van der Waals surface area contributed by atoms with Crippen molar-refractivity contribution in [1.82, 2.24) is 10.3 Å². The van der Waals surface area contributed by atoms with Gasteiger partial charge in [0.15, 0.2) is 0 Å². The minimum atomic E-state index is -4.45. The first-order chi connectivity index (χ1) is 15.8. The highest BCUT2D eigenvalue weighted by Crippen LogP contribution is 2.31. The molecular weight excluding hydrogens is 460 g/mol. The predicted molar refractivity (Wildman–Crippen MR) is 115 cm³/mol. The summed E-state index contributed by atoms with van der Waals surface area (Å²) in [5.41, 5.74) is -0.0701. The van der Waals surface area contributed by atoms with Crippen LogP contribution < -0.4 is 10.1 Å². The molecule has 0 radical (unpaired) electrons. The molecule has 1 aliphatic rings. The number of amides is 1. The molecule has 0 spiro atoms. The first-order valence-electron chi connectivity index (χ1n) is 10.2. The van der Waals surface area contributed by atoms with E-state index in [1.165, 1.54) is 24.3 Å². The number of carbonyl (C=O) groups excluding carboxylic acids is 1. The van der Waals surface area contributed by atoms with Gasteiger partial charge in [-0.3, -0.25) is 4.79 Å². The van der Waals surface area contributed by atoms with Crippen molar-refractivity contribution in [2.24, 2.45) is 0 Å². The van der Waals surface area contributed by atoms with Gasteiger partial charge in [-0.25, -0.2) is 9.37 Å². The Kier molecular flexibility index (Phi) is 6.94. The zero-order valence-electron chi connectivity index (χ0n) is 17.3. The molecule has 10 heteroatoms. The average molecular weight is 480 g/mol. The van der Waals surface area contributed by atoms with Gasteiger partial charge in [0.1, 0.15) is 28.9 Å². The second kappa shape index (κ2) is 9.88. The number of alkyl halides is 3. The molecule has 1 fully saturated rings. The SMILES string of the molecule is O=C(NCC1CCCO1)c1csc(-c2ccc(OCc3cccc(C(F)(F)F)c3)cc2F)n1. The van der Waals surface area contributed by atoms with Gasteiger partial charge in [0.05, 0.1) is 11.7 Å². The summed E-state index contributed by atoms with van der Waals surface area (Å²) < 4.78 is 64.1. The van der Waals surface area contributed by atoms with Gasteiger partial charge < -0.3 is 14.8 Å². The quantitative estimate of drug-likeness (QED) is 0.457. The fraction of sp³-hybridized carbons (Fsp3) is 0.304. The molecule has 5 nitrogen and oxygen atoms in total. The standard InChI is InChI=1S/C23H20F4N2O3S/c24-19-10-16(32-12-14-3-1-4-15(9-14)23(25,26)27)6-7-18(19)22-29-20(13-33-22)21(30)28-11-17-5-2-8-31-17/h1,3-4,6-7,9-10,13,17H,2,5,8,11-12H2,(H,28,30). The Morgan fingerprint density at radius 2 is 2.09 bits per heavy atom. The molecular formula is C23H20F4N2O3S. The molecule has 3 aromatic rings. The van der Waals surface area contributed by atoms with E-state index in [-0.39, 0.29) is 35.6 Å². The van der Waals surface area contributed by atoms with E-state index in [2.05, 4.69) is 10.3 Å². The molecule has 2 aromatic carbocycles. The largest absolute Gasteiger partial charge is 0.489 e. The van der Waals surface area contributed by atoms with Crippen LogP contribution in [0.1, 0.15) is 34.5 Å². The maximum absolute atomic E-state index is 14.7. The second-order valence-corrected chi connectivity index (χ2v) is 8.37. The van der Waals surface area contributed by atoms with Gasteiger partial charge in [-0.15, -0.1) is 11.3 Å². The summed E-state index contributed by atoms with van der Waals surface area (Å²) in [6, 6.07) is 8.87. The fourth-order valence-electron chi connectivity index (χ4n) is 3.37. The smallest absolute Gasteiger partial charge is 0.416 e. The molecule has 174 valence electrons. The molecule has 1 atom stereocenters. The van der Waals surface area contributed by atoms with E-state index in [4.69, 9.17) is 9.47 Å². The maximum atomic E-state index is 14.7. The van der Waals surface area contributed by atoms with Crippen molar-refractivity contribution in [3.63, 3.8) is 0 Å². The van der Waals surface area contributed by atoms with Gasteiger partial charge in [0.2, 0.25) is 0 Å². The summed E-state index contributed by atoms with van der Waals surface area (Å²) in [6.45, 7) is 0.952. The highest BCUT2D eigenvalue weighted by atomic mass is 32.1. The van der Waals surface area contributed by atoms with Crippen molar-refractivity contribution in [1.29, 1.82) is 0 Å². The van der Waals surface area contributed by atoms with E-state index >= 15 is 0 Å². The number of halogens is 4. The number of benzene rings is 2. The topological polar surface area (TPSA) is 60.5 Å². The predicted octanol–water partition coefficient (Wildman–Crippen LogP) is 5.46. The van der Waals surface area contributed by atoms with Crippen LogP contribution in [0.15, 0.2) is 47.8 Å². The van der Waals surface area contributed by atoms with E-state index in [9.17, 15) is 22.4 Å². The summed E-state index contributed by atoms with van der Waals surface area (Å²) >= 11 is 1.13. The molecule has 1 unspecified atom stereocenters. The fourth-order valence-corrected chi connectivity index (χ4v) is 4.19. The highest BCUT2D eigenvalue weighted by Gasteiger charge is 2.30. The summed E-state index contributed by atoms with van der Waals surface area (Å²) in [5, 5.41) is 4.66. The van der Waals surface area contributed by atoms with Crippen LogP contribution in [0.25, 0.3) is 10.6 Å². The van der Waals surface area contributed by atoms with Gasteiger partial charge in [-0.05, 0) is 42.7 Å². The Balaban J connectivity index is 1.38. The lowest BCUT2D eigenvalue weighted by Gasteiger charge is -2.10. The van der Waals surface area contributed by atoms with E-state index in [1.807, 2.05) is 0 Å². The first kappa shape index (κ1) is 23.2. The lowest BCUT2D eigenvalue weighted by atomic mass is 10.1. The van der Waals surface area contributed by atoms with E-state index in [0.717, 1.165) is 42.4 Å². The van der Waals surface area contributed by atoms with Crippen LogP contribution in [0.3, 0.4) is 0 Å². The van der Waals surface area contributed by atoms with E-state index < -0.39 is 17.6 Å². The average Bonchev–Trinajstić information content (AvgIpc) is 3.48. The van der Waals surface area contributed by atoms with Crippen molar-refractivity contribution in [2.45, 2.75) is 31.7 Å². The van der Waals surface area contributed by atoms with E-state index in [1.54, 1.807) is 5.38 Å². The Bertz CT molecular complexity index is 1130. The molecule has 33 heavy (non-hydrogen) atoms. The molecule has 1 aliphatic heterocycles. The second-order valence-electron chi connectivity index (χ2n) is 7.51. The van der Waals surface area contributed by atoms with Crippen LogP contribution in [0, 0.1) is 5.82 Å². The first-order valence-corrected chi connectivity index (χ1v) is 11.1. The lowest BCUT2D eigenvalue weighted by molar-refractivity contribution is -0.137. The minimum absolute atomic E-state index is 0.00739. The van der Waals surface area contributed by atoms with Crippen LogP contribution in [-0.2, 0) is 17.5 Å². The maximum Gasteiger partial charge on any atom is 0.416 e. The third kappa shape index (κ3) is 5.88. The molecule has 1 aromatic heterocycles. The molecule has 0 aliphatic carbocycles. The van der Waals surface area contributed by atoms with Crippen molar-refractivity contribution >= 4 is 17.2 Å². The minimum Gasteiger partial charge on any atom is -0.489 e. The molecule has 0 saturated carbocycles. The van der Waals surface area contributed by atoms with E-state index in [0.29, 0.717) is 23.7 Å². The third-order valence-electron chi connectivity index (χ3n) is 5.08. The molecule has 1 N–H and O–H groups in total. The zero-order chi connectivity index (χ0) is 23.4. The lowest BCUT2D eigenvalue weighted by Crippen LogP contribution is -2.31. The van der Waals surface area contributed by atoms with Crippen molar-refractivity contribution in [3.8, 4) is 16.3 Å². The van der Waals surface area contributed by atoms with Gasteiger partial charge in [0, 0.05) is 30.2 Å². The Morgan fingerprint density at radius 1 is 1.24 bits per heavy atom. The summed E-state index contributed by atoms with van der Waals surface area (Å²) in [7, 11) is 0. The van der Waals surface area contributed by atoms with Crippen LogP contribution in [-0.4, -0.2) is 30.1 Å². The Hall–Kier alpha value is -2.98. The van der Waals surface area contributed by atoms with Gasteiger partial charge in [-0.2, -0.15) is 13.2 Å². The van der Waals surface area contributed by atoms with Gasteiger partial charge in [0.25, 0.3) is 5.91 Å². The number of rotatable bonds is 7. The number of aromatic nitrogens is 1. The number of nitrogens with one attached hydrogen (secondary N) is 1. The van der Waals surface area contributed by atoms with Gasteiger partial charge in [-0.1, -0.05) is 12.1 Å². The number of carbonyl (C=O) groups is 1. The zero-order valence-corrected chi connectivity index (χ0v) is 18.1. The molecule has 0 bridgehead atoms. The number of ether oxygens (including phenoxy) is 2. The summed E-state index contributed by atoms with van der Waals surface area (Å²) in [5.74, 6) is -0.800. The Morgan fingerprint density at radius 3 is 2.82 bits per heavy atom. The van der Waals surface area contributed by atoms with Crippen molar-refractivity contribution in [3.05, 3.63) is 70.5 Å². The molecule has 1 saturated heterocycles. The molecule has 4 rings (SSSR count). The molecule has 1 amide bonds. The van der Waals surface area contributed by atoms with Crippen LogP contribution >= 0.6 is 11.3 Å².